The predicted octanol–water partition coefficient (Wildman–Crippen LogP) is 2.28. The summed E-state index contributed by atoms with van der Waals surface area (Å²) < 4.78 is 14.1. The Labute approximate surface area is 106 Å². The monoisotopic (exact) mass is 251 g/mol. The topological polar surface area (TPSA) is 45.2 Å². The fourth-order valence-electron chi connectivity index (χ4n) is 2.17. The van der Waals surface area contributed by atoms with Crippen LogP contribution in [0.5, 0.6) is 0 Å². The van der Waals surface area contributed by atoms with Crippen LogP contribution in [-0.2, 0) is 0 Å². The molecule has 0 saturated carbocycles. The van der Waals surface area contributed by atoms with Crippen LogP contribution in [0.1, 0.15) is 36.5 Å². The number of anilines is 1. The van der Waals surface area contributed by atoms with E-state index >= 15 is 0 Å². The number of likely N-dealkylation sites (tertiary alicyclic amines) is 1. The van der Waals surface area contributed by atoms with Gasteiger partial charge in [0.05, 0.1) is 5.56 Å². The van der Waals surface area contributed by atoms with Crippen LogP contribution in [0.25, 0.3) is 0 Å². The third-order valence-corrected chi connectivity index (χ3v) is 3.11. The maximum absolute atomic E-state index is 14.1. The van der Waals surface area contributed by atoms with Gasteiger partial charge in [0.1, 0.15) is 0 Å². The van der Waals surface area contributed by atoms with E-state index in [-0.39, 0.29) is 17.3 Å². The Bertz CT molecular complexity index is 430. The molecule has 0 aromatic carbocycles. The highest BCUT2D eigenvalue weighted by Gasteiger charge is 2.22. The second kappa shape index (κ2) is 5.80. The molecular weight excluding hydrogens is 233 g/mol. The molecule has 0 unspecified atom stereocenters. The first-order valence-corrected chi connectivity index (χ1v) is 6.41. The molecule has 5 heteroatoms. The van der Waals surface area contributed by atoms with Crippen molar-refractivity contribution in [3.05, 3.63) is 23.6 Å². The number of carbonyl (C=O) groups is 1. The van der Waals surface area contributed by atoms with Gasteiger partial charge in [0.15, 0.2) is 11.6 Å². The van der Waals surface area contributed by atoms with Crippen LogP contribution >= 0.6 is 0 Å². The quantitative estimate of drug-likeness (QED) is 0.896. The summed E-state index contributed by atoms with van der Waals surface area (Å²) in [5, 5.41) is 2.82. The number of halogens is 1. The average molecular weight is 251 g/mol. The SMILES string of the molecule is CCNc1nccc(C(=O)N2CCCCC2)c1F. The number of hydrogen-bond donors (Lipinski definition) is 1. The summed E-state index contributed by atoms with van der Waals surface area (Å²) in [6.45, 7) is 3.87. The Kier molecular flexibility index (Phi) is 4.12. The Morgan fingerprint density at radius 1 is 1.44 bits per heavy atom. The van der Waals surface area contributed by atoms with Gasteiger partial charge in [-0.15, -0.1) is 0 Å². The largest absolute Gasteiger partial charge is 0.368 e. The van der Waals surface area contributed by atoms with Crippen LogP contribution in [0.2, 0.25) is 0 Å². The Hall–Kier alpha value is -1.65. The van der Waals surface area contributed by atoms with Crippen LogP contribution in [0.3, 0.4) is 0 Å². The van der Waals surface area contributed by atoms with Gasteiger partial charge in [0.2, 0.25) is 0 Å². The molecule has 1 amide bonds. The van der Waals surface area contributed by atoms with Gasteiger partial charge >= 0.3 is 0 Å². The summed E-state index contributed by atoms with van der Waals surface area (Å²) in [7, 11) is 0. The second-order valence-corrected chi connectivity index (χ2v) is 4.40. The van der Waals surface area contributed by atoms with Crippen molar-refractivity contribution in [1.82, 2.24) is 9.88 Å². The number of piperidine rings is 1. The van der Waals surface area contributed by atoms with Crippen LogP contribution in [0.15, 0.2) is 12.3 Å². The minimum Gasteiger partial charge on any atom is -0.368 e. The van der Waals surface area contributed by atoms with Crippen molar-refractivity contribution >= 4 is 11.7 Å². The summed E-state index contributed by atoms with van der Waals surface area (Å²) in [4.78, 5) is 17.8. The lowest BCUT2D eigenvalue weighted by atomic mass is 10.1. The highest BCUT2D eigenvalue weighted by Crippen LogP contribution is 2.19. The molecule has 1 aliphatic rings. The summed E-state index contributed by atoms with van der Waals surface area (Å²) in [6.07, 6.45) is 4.61. The maximum Gasteiger partial charge on any atom is 0.257 e. The van der Waals surface area contributed by atoms with Crippen LogP contribution in [0, 0.1) is 5.82 Å². The molecule has 0 radical (unpaired) electrons. The van der Waals surface area contributed by atoms with E-state index in [1.165, 1.54) is 12.3 Å². The lowest BCUT2D eigenvalue weighted by Gasteiger charge is -2.27. The smallest absolute Gasteiger partial charge is 0.257 e. The first-order chi connectivity index (χ1) is 8.74. The Morgan fingerprint density at radius 2 is 2.17 bits per heavy atom. The zero-order chi connectivity index (χ0) is 13.0. The van der Waals surface area contributed by atoms with E-state index in [2.05, 4.69) is 10.3 Å². The number of carbonyl (C=O) groups excluding carboxylic acids is 1. The Balaban J connectivity index is 2.21. The minimum atomic E-state index is -0.546. The second-order valence-electron chi connectivity index (χ2n) is 4.40. The summed E-state index contributed by atoms with van der Waals surface area (Å²) >= 11 is 0. The molecule has 1 fully saturated rings. The van der Waals surface area contributed by atoms with Gasteiger partial charge in [-0.1, -0.05) is 0 Å². The van der Waals surface area contributed by atoms with E-state index in [0.717, 1.165) is 32.4 Å². The summed E-state index contributed by atoms with van der Waals surface area (Å²) in [6, 6.07) is 1.45. The number of amides is 1. The summed E-state index contributed by atoms with van der Waals surface area (Å²) in [5.41, 5.74) is 0.114. The van der Waals surface area contributed by atoms with Crippen LogP contribution < -0.4 is 5.32 Å². The van der Waals surface area contributed by atoms with Crippen molar-refractivity contribution in [2.45, 2.75) is 26.2 Å². The number of rotatable bonds is 3. The van der Waals surface area contributed by atoms with Crippen molar-refractivity contribution in [1.29, 1.82) is 0 Å². The van der Waals surface area contributed by atoms with Gasteiger partial charge in [-0.2, -0.15) is 0 Å². The normalized spacial score (nSPS) is 15.6. The zero-order valence-corrected chi connectivity index (χ0v) is 10.6. The fraction of sp³-hybridized carbons (Fsp3) is 0.538. The van der Waals surface area contributed by atoms with E-state index in [1.54, 1.807) is 4.90 Å². The molecule has 0 atom stereocenters. The lowest BCUT2D eigenvalue weighted by Crippen LogP contribution is -2.36. The third-order valence-electron chi connectivity index (χ3n) is 3.11. The highest BCUT2D eigenvalue weighted by atomic mass is 19.1. The van der Waals surface area contributed by atoms with E-state index < -0.39 is 5.82 Å². The molecule has 0 aliphatic carbocycles. The van der Waals surface area contributed by atoms with E-state index in [0.29, 0.717) is 6.54 Å². The number of nitrogens with zero attached hydrogens (tertiary/aromatic N) is 2. The van der Waals surface area contributed by atoms with Crippen molar-refractivity contribution < 1.29 is 9.18 Å². The Morgan fingerprint density at radius 3 is 2.83 bits per heavy atom. The minimum absolute atomic E-state index is 0.114. The molecule has 1 saturated heterocycles. The molecule has 0 bridgehead atoms. The van der Waals surface area contributed by atoms with Gasteiger partial charge < -0.3 is 10.2 Å². The average Bonchev–Trinajstić information content (AvgIpc) is 2.42. The van der Waals surface area contributed by atoms with Crippen molar-refractivity contribution in [2.24, 2.45) is 0 Å². The highest BCUT2D eigenvalue weighted by molar-refractivity contribution is 5.95. The van der Waals surface area contributed by atoms with Gasteiger partial charge in [-0.3, -0.25) is 4.79 Å². The number of pyridine rings is 1. The van der Waals surface area contributed by atoms with Gasteiger partial charge in [-0.25, -0.2) is 9.37 Å². The third kappa shape index (κ3) is 2.60. The molecule has 18 heavy (non-hydrogen) atoms. The van der Waals surface area contributed by atoms with E-state index in [9.17, 15) is 9.18 Å². The van der Waals surface area contributed by atoms with Crippen molar-refractivity contribution in [3.8, 4) is 0 Å². The number of aromatic nitrogens is 1. The van der Waals surface area contributed by atoms with Gasteiger partial charge in [-0.05, 0) is 32.3 Å². The molecule has 2 heterocycles. The van der Waals surface area contributed by atoms with Crippen molar-refractivity contribution in [2.75, 3.05) is 25.0 Å². The molecule has 4 nitrogen and oxygen atoms in total. The molecule has 1 aliphatic heterocycles. The van der Waals surface area contributed by atoms with Crippen LogP contribution in [0.4, 0.5) is 10.2 Å². The molecule has 98 valence electrons. The fourth-order valence-corrected chi connectivity index (χ4v) is 2.17. The van der Waals surface area contributed by atoms with Gasteiger partial charge in [0.25, 0.3) is 5.91 Å². The molecule has 1 aromatic heterocycles. The molecule has 1 aromatic rings. The van der Waals surface area contributed by atoms with Crippen molar-refractivity contribution in [3.63, 3.8) is 0 Å². The van der Waals surface area contributed by atoms with Gasteiger partial charge in [0, 0.05) is 25.8 Å². The zero-order valence-electron chi connectivity index (χ0n) is 10.6. The first kappa shape index (κ1) is 12.8. The number of nitrogens with one attached hydrogen (secondary N) is 1. The molecule has 1 N–H and O–H groups in total. The number of hydrogen-bond acceptors (Lipinski definition) is 3. The standard InChI is InChI=1S/C13H18FN3O/c1-2-15-12-11(14)10(6-7-16-12)13(18)17-8-4-3-5-9-17/h6-7H,2-5,8-9H2,1H3,(H,15,16). The summed E-state index contributed by atoms with van der Waals surface area (Å²) in [5.74, 6) is -0.621. The first-order valence-electron chi connectivity index (χ1n) is 6.41. The maximum atomic E-state index is 14.1. The molecular formula is C13H18FN3O. The van der Waals surface area contributed by atoms with E-state index in [1.807, 2.05) is 6.92 Å². The predicted molar refractivity (Wildman–Crippen MR) is 68.1 cm³/mol. The van der Waals surface area contributed by atoms with E-state index in [4.69, 9.17) is 0 Å². The lowest BCUT2D eigenvalue weighted by molar-refractivity contribution is 0.0719. The molecule has 2 rings (SSSR count). The van der Waals surface area contributed by atoms with Crippen LogP contribution in [-0.4, -0.2) is 35.4 Å². The molecule has 0 spiro atoms.